The number of aryl methyl sites for hydroxylation is 2. The Balaban J connectivity index is 1.99. The molecule has 0 aliphatic carbocycles. The van der Waals surface area contributed by atoms with Gasteiger partial charge >= 0.3 is 0 Å². The van der Waals surface area contributed by atoms with Gasteiger partial charge in [-0.2, -0.15) is 0 Å². The number of nitrogens with zero attached hydrogens (tertiary/aromatic N) is 5. The molecule has 3 heterocycles. The molecular formula is C21H22F2N6O2S. The molecular weight excluding hydrogens is 438 g/mol. The Morgan fingerprint density at radius 1 is 1.06 bits per heavy atom. The Bertz CT molecular complexity index is 1480. The van der Waals surface area contributed by atoms with E-state index in [9.17, 15) is 17.2 Å². The highest BCUT2D eigenvalue weighted by molar-refractivity contribution is 7.89. The molecule has 8 nitrogen and oxygen atoms in total. The molecule has 4 rings (SSSR count). The van der Waals surface area contributed by atoms with E-state index in [1.165, 1.54) is 0 Å². The maximum Gasteiger partial charge on any atom is 0.241 e. The van der Waals surface area contributed by atoms with Gasteiger partial charge in [-0.25, -0.2) is 37.3 Å². The Morgan fingerprint density at radius 3 is 2.44 bits per heavy atom. The molecule has 0 spiro atoms. The molecule has 0 saturated carbocycles. The van der Waals surface area contributed by atoms with Crippen LogP contribution < -0.4 is 5.14 Å². The first-order valence-electron chi connectivity index (χ1n) is 9.74. The average molecular weight is 461 g/mol. The van der Waals surface area contributed by atoms with E-state index in [4.69, 9.17) is 10.1 Å². The standard InChI is InChI=1S/C21H22F2N6O2S/c1-11-5-6-14-20-19(12(2)26-21(14)25-11)27-18(10-28(3)4)29(20)9-13-7-16(23)17(8-15(13)22)32(24,30)31/h5-8H,9-10H2,1-4H3,(H2,24,30,31). The van der Waals surface area contributed by atoms with Gasteiger partial charge in [-0.1, -0.05) is 0 Å². The number of aromatic nitrogens is 4. The predicted molar refractivity (Wildman–Crippen MR) is 117 cm³/mol. The lowest BCUT2D eigenvalue weighted by Crippen LogP contribution is -2.18. The molecule has 0 atom stereocenters. The molecule has 3 aromatic heterocycles. The lowest BCUT2D eigenvalue weighted by atomic mass is 10.1. The monoisotopic (exact) mass is 460 g/mol. The average Bonchev–Trinajstić information content (AvgIpc) is 3.01. The molecule has 0 bridgehead atoms. The molecule has 0 amide bonds. The fourth-order valence-electron chi connectivity index (χ4n) is 3.70. The quantitative estimate of drug-likeness (QED) is 0.491. The lowest BCUT2D eigenvalue weighted by Gasteiger charge is -2.15. The molecule has 2 N–H and O–H groups in total. The highest BCUT2D eigenvalue weighted by Gasteiger charge is 2.22. The van der Waals surface area contributed by atoms with Crippen LogP contribution >= 0.6 is 0 Å². The topological polar surface area (TPSA) is 107 Å². The normalized spacial score (nSPS) is 12.4. The largest absolute Gasteiger partial charge is 0.322 e. The van der Waals surface area contributed by atoms with Crippen LogP contribution in [0.4, 0.5) is 8.78 Å². The minimum Gasteiger partial charge on any atom is -0.322 e. The van der Waals surface area contributed by atoms with E-state index < -0.39 is 26.6 Å². The van der Waals surface area contributed by atoms with Crippen LogP contribution in [0.25, 0.3) is 22.1 Å². The number of primary sulfonamides is 1. The zero-order chi connectivity index (χ0) is 23.4. The molecule has 0 saturated heterocycles. The number of nitrogens with two attached hydrogens (primary N) is 1. The summed E-state index contributed by atoms with van der Waals surface area (Å²) in [7, 11) is -0.641. The first kappa shape index (κ1) is 22.2. The van der Waals surface area contributed by atoms with Crippen molar-refractivity contribution in [3.8, 4) is 0 Å². The number of hydrogen-bond acceptors (Lipinski definition) is 6. The molecule has 0 fully saturated rings. The number of halogens is 2. The highest BCUT2D eigenvalue weighted by Crippen LogP contribution is 2.29. The molecule has 0 radical (unpaired) electrons. The van der Waals surface area contributed by atoms with Crippen molar-refractivity contribution in [2.45, 2.75) is 31.8 Å². The SMILES string of the molecule is Cc1ccc2c(n1)nc(C)c1nc(CN(C)C)n(Cc3cc(F)c(S(N)(=O)=O)cc3F)c12. The lowest BCUT2D eigenvalue weighted by molar-refractivity contribution is 0.383. The van der Waals surface area contributed by atoms with E-state index in [0.717, 1.165) is 17.1 Å². The summed E-state index contributed by atoms with van der Waals surface area (Å²) in [6, 6.07) is 5.20. The third-order valence-corrected chi connectivity index (χ3v) is 6.05. The second kappa shape index (κ2) is 7.84. The van der Waals surface area contributed by atoms with Crippen LogP contribution in [0, 0.1) is 25.5 Å². The van der Waals surface area contributed by atoms with Crippen molar-refractivity contribution >= 4 is 32.1 Å². The Kier molecular flexibility index (Phi) is 5.43. The minimum absolute atomic E-state index is 0.0307. The van der Waals surface area contributed by atoms with Crippen molar-refractivity contribution in [1.82, 2.24) is 24.4 Å². The van der Waals surface area contributed by atoms with Crippen LogP contribution in [-0.4, -0.2) is 46.9 Å². The molecule has 0 unspecified atom stereocenters. The fourth-order valence-corrected chi connectivity index (χ4v) is 4.30. The third kappa shape index (κ3) is 3.94. The van der Waals surface area contributed by atoms with Crippen molar-refractivity contribution in [2.75, 3.05) is 14.1 Å². The first-order valence-corrected chi connectivity index (χ1v) is 11.3. The van der Waals surface area contributed by atoms with E-state index in [0.29, 0.717) is 40.8 Å². The summed E-state index contributed by atoms with van der Waals surface area (Å²) in [5.41, 5.74) is 3.31. The van der Waals surface area contributed by atoms with E-state index in [1.54, 1.807) is 4.57 Å². The van der Waals surface area contributed by atoms with E-state index in [2.05, 4.69) is 9.97 Å². The van der Waals surface area contributed by atoms with Crippen LogP contribution in [0.5, 0.6) is 0 Å². The molecule has 32 heavy (non-hydrogen) atoms. The van der Waals surface area contributed by atoms with Crippen molar-refractivity contribution < 1.29 is 17.2 Å². The number of imidazole rings is 1. The van der Waals surface area contributed by atoms with Gasteiger partial charge < -0.3 is 9.47 Å². The maximum absolute atomic E-state index is 14.8. The van der Waals surface area contributed by atoms with Crippen LogP contribution in [0.15, 0.2) is 29.2 Å². The summed E-state index contributed by atoms with van der Waals surface area (Å²) in [6.07, 6.45) is 0. The van der Waals surface area contributed by atoms with Gasteiger partial charge in [0.25, 0.3) is 0 Å². The number of sulfonamides is 1. The third-order valence-electron chi connectivity index (χ3n) is 5.13. The molecule has 0 aliphatic heterocycles. The zero-order valence-corrected chi connectivity index (χ0v) is 18.8. The molecule has 168 valence electrons. The molecule has 1 aromatic carbocycles. The molecule has 0 aliphatic rings. The number of fused-ring (bicyclic) bond motifs is 3. The van der Waals surface area contributed by atoms with Gasteiger partial charge in [-0.3, -0.25) is 0 Å². The maximum atomic E-state index is 14.8. The van der Waals surface area contributed by atoms with E-state index in [-0.39, 0.29) is 12.1 Å². The van der Waals surface area contributed by atoms with Gasteiger partial charge in [0.2, 0.25) is 10.0 Å². The zero-order valence-electron chi connectivity index (χ0n) is 18.0. The highest BCUT2D eigenvalue weighted by atomic mass is 32.2. The predicted octanol–water partition coefficient (Wildman–Crippen LogP) is 2.63. The summed E-state index contributed by atoms with van der Waals surface area (Å²) in [5.74, 6) is -1.36. The number of benzene rings is 1. The van der Waals surface area contributed by atoms with Crippen LogP contribution in [0.3, 0.4) is 0 Å². The summed E-state index contributed by atoms with van der Waals surface area (Å²) < 4.78 is 54.2. The second-order valence-electron chi connectivity index (χ2n) is 7.99. The van der Waals surface area contributed by atoms with Crippen LogP contribution in [0.2, 0.25) is 0 Å². The van der Waals surface area contributed by atoms with Gasteiger partial charge in [-0.15, -0.1) is 0 Å². The molecule has 11 heteroatoms. The van der Waals surface area contributed by atoms with Gasteiger partial charge in [0.15, 0.2) is 5.65 Å². The number of hydrogen-bond donors (Lipinski definition) is 1. The Morgan fingerprint density at radius 2 is 1.78 bits per heavy atom. The smallest absolute Gasteiger partial charge is 0.241 e. The van der Waals surface area contributed by atoms with E-state index in [1.807, 2.05) is 45.0 Å². The summed E-state index contributed by atoms with van der Waals surface area (Å²) in [6.45, 7) is 4.05. The molecule has 4 aromatic rings. The number of rotatable bonds is 5. The van der Waals surface area contributed by atoms with Gasteiger partial charge in [-0.05, 0) is 52.2 Å². The summed E-state index contributed by atoms with van der Waals surface area (Å²) in [5, 5.41) is 5.72. The van der Waals surface area contributed by atoms with Crippen molar-refractivity contribution in [1.29, 1.82) is 0 Å². The van der Waals surface area contributed by atoms with Crippen molar-refractivity contribution in [2.24, 2.45) is 5.14 Å². The minimum atomic E-state index is -4.39. The Hall–Kier alpha value is -3.02. The number of pyridine rings is 2. The Labute approximate surface area is 183 Å². The first-order chi connectivity index (χ1) is 15.0. The summed E-state index contributed by atoms with van der Waals surface area (Å²) >= 11 is 0. The van der Waals surface area contributed by atoms with E-state index >= 15 is 0 Å². The van der Waals surface area contributed by atoms with Crippen LogP contribution in [-0.2, 0) is 23.1 Å². The van der Waals surface area contributed by atoms with Gasteiger partial charge in [0.1, 0.15) is 27.9 Å². The second-order valence-corrected chi connectivity index (χ2v) is 9.52. The van der Waals surface area contributed by atoms with Crippen molar-refractivity contribution in [3.05, 3.63) is 58.7 Å². The fraction of sp³-hybridized carbons (Fsp3) is 0.286. The summed E-state index contributed by atoms with van der Waals surface area (Å²) in [4.78, 5) is 14.8. The van der Waals surface area contributed by atoms with Gasteiger partial charge in [0, 0.05) is 16.6 Å². The van der Waals surface area contributed by atoms with Gasteiger partial charge in [0.05, 0.1) is 24.3 Å². The van der Waals surface area contributed by atoms with Crippen LogP contribution in [0.1, 0.15) is 22.8 Å². The van der Waals surface area contributed by atoms with Crippen molar-refractivity contribution in [3.63, 3.8) is 0 Å².